The van der Waals surface area contributed by atoms with Crippen molar-refractivity contribution in [3.05, 3.63) is 20.6 Å². The summed E-state index contributed by atoms with van der Waals surface area (Å²) in [4.78, 5) is 0. The SMILES string of the molecule is CC(C)(C)C1=CCC(C(C)(C)C)=[C]1[Hf+2].[Cl-].[Cl-]. The van der Waals surface area contributed by atoms with Gasteiger partial charge in [-0.1, -0.05) is 0 Å². The van der Waals surface area contributed by atoms with Crippen molar-refractivity contribution in [2.24, 2.45) is 10.8 Å². The summed E-state index contributed by atoms with van der Waals surface area (Å²) in [6.45, 7) is 14.0. The Balaban J connectivity index is 0. The molecule has 0 nitrogen and oxygen atoms in total. The van der Waals surface area contributed by atoms with Crippen LogP contribution in [0.4, 0.5) is 0 Å². The second kappa shape index (κ2) is 6.20. The van der Waals surface area contributed by atoms with Crippen molar-refractivity contribution < 1.29 is 49.2 Å². The van der Waals surface area contributed by atoms with Crippen LogP contribution < -0.4 is 24.8 Å². The predicted octanol–water partition coefficient (Wildman–Crippen LogP) is -1.78. The Morgan fingerprint density at radius 3 is 1.56 bits per heavy atom. The molecule has 0 aromatic carbocycles. The van der Waals surface area contributed by atoms with E-state index in [2.05, 4.69) is 47.6 Å². The van der Waals surface area contributed by atoms with Crippen LogP contribution in [0.2, 0.25) is 0 Å². The van der Waals surface area contributed by atoms with Gasteiger partial charge in [-0.25, -0.2) is 0 Å². The minimum atomic E-state index is 0. The molecule has 0 N–H and O–H groups in total. The van der Waals surface area contributed by atoms with E-state index in [9.17, 15) is 0 Å². The van der Waals surface area contributed by atoms with E-state index in [1.807, 2.05) is 0 Å². The molecule has 91 valence electrons. The third-order valence-corrected chi connectivity index (χ3v) is 4.85. The van der Waals surface area contributed by atoms with Crippen molar-refractivity contribution in [3.8, 4) is 0 Å². The first-order valence-electron chi connectivity index (χ1n) is 5.30. The molecule has 16 heavy (non-hydrogen) atoms. The van der Waals surface area contributed by atoms with Gasteiger partial charge < -0.3 is 24.8 Å². The molecule has 0 atom stereocenters. The zero-order valence-corrected chi connectivity index (χ0v) is 16.1. The molecular weight excluding hydrogens is 406 g/mol. The zero-order valence-electron chi connectivity index (χ0n) is 11.0. The van der Waals surface area contributed by atoms with Crippen LogP contribution in [0.15, 0.2) is 20.6 Å². The normalized spacial score (nSPS) is 16.6. The summed E-state index contributed by atoms with van der Waals surface area (Å²) in [5.74, 6) is 0. The van der Waals surface area contributed by atoms with E-state index < -0.39 is 0 Å². The van der Waals surface area contributed by atoms with Crippen LogP contribution in [-0.4, -0.2) is 0 Å². The molecule has 1 rings (SSSR count). The molecule has 0 aromatic rings. The van der Waals surface area contributed by atoms with E-state index >= 15 is 0 Å². The van der Waals surface area contributed by atoms with Gasteiger partial charge in [-0.05, 0) is 0 Å². The summed E-state index contributed by atoms with van der Waals surface area (Å²) < 4.78 is 1.67. The van der Waals surface area contributed by atoms with Gasteiger partial charge in [0.15, 0.2) is 0 Å². The van der Waals surface area contributed by atoms with E-state index in [0.717, 1.165) is 0 Å². The third kappa shape index (κ3) is 4.31. The molecule has 0 aliphatic heterocycles. The second-order valence-electron chi connectivity index (χ2n) is 6.18. The van der Waals surface area contributed by atoms with Crippen LogP contribution in [0, 0.1) is 10.8 Å². The van der Waals surface area contributed by atoms with Crippen LogP contribution >= 0.6 is 0 Å². The first-order valence-corrected chi connectivity index (χ1v) is 7.10. The fraction of sp³-hybridized carbons (Fsp3) is 0.692. The fourth-order valence-corrected chi connectivity index (χ4v) is 5.36. The molecule has 1 aliphatic carbocycles. The van der Waals surface area contributed by atoms with Gasteiger partial charge in [-0.15, -0.1) is 0 Å². The topological polar surface area (TPSA) is 0 Å². The van der Waals surface area contributed by atoms with Crippen molar-refractivity contribution in [2.75, 3.05) is 0 Å². The smallest absolute Gasteiger partial charge is 1.00 e. The van der Waals surface area contributed by atoms with Crippen molar-refractivity contribution in [1.29, 1.82) is 0 Å². The standard InChI is InChI=1S/C13H21.2ClH.Hf/c1-12(2,3)10-7-8-11(9-10)13(4,5)6;;;/h7H,8H2,1-6H3;2*1H;/q;;;+2/p-2. The van der Waals surface area contributed by atoms with Crippen molar-refractivity contribution in [2.45, 2.75) is 48.0 Å². The number of rotatable bonds is 0. The Bertz CT molecular complexity index is 283. The van der Waals surface area contributed by atoms with Gasteiger partial charge in [-0.2, -0.15) is 0 Å². The summed E-state index contributed by atoms with van der Waals surface area (Å²) in [5, 5.41) is 0. The Labute approximate surface area is 128 Å². The first kappa shape index (κ1) is 19.3. The molecule has 1 aliphatic rings. The van der Waals surface area contributed by atoms with E-state index in [0.29, 0.717) is 10.8 Å². The van der Waals surface area contributed by atoms with E-state index in [1.165, 1.54) is 30.8 Å². The third-order valence-electron chi connectivity index (χ3n) is 2.79. The van der Waals surface area contributed by atoms with Crippen molar-refractivity contribution in [1.82, 2.24) is 0 Å². The minimum absolute atomic E-state index is 0. The monoisotopic (exact) mass is 427 g/mol. The van der Waals surface area contributed by atoms with Gasteiger partial charge in [0.1, 0.15) is 0 Å². The fourth-order valence-electron chi connectivity index (χ4n) is 1.93. The largest absolute Gasteiger partial charge is 1.00 e. The molecule has 0 saturated carbocycles. The van der Waals surface area contributed by atoms with Crippen LogP contribution in [0.3, 0.4) is 0 Å². The molecule has 0 amide bonds. The first-order chi connectivity index (χ1) is 6.14. The van der Waals surface area contributed by atoms with Gasteiger partial charge in [-0.3, -0.25) is 0 Å². The van der Waals surface area contributed by atoms with Gasteiger partial charge in [0, 0.05) is 0 Å². The molecule has 0 saturated heterocycles. The molecular formula is C13H21Cl2Hf. The van der Waals surface area contributed by atoms with Gasteiger partial charge in [0.25, 0.3) is 0 Å². The summed E-state index contributed by atoms with van der Waals surface area (Å²) in [6, 6.07) is 0. The Hall–Kier alpha value is 0.930. The van der Waals surface area contributed by atoms with Crippen molar-refractivity contribution >= 4 is 0 Å². The van der Waals surface area contributed by atoms with E-state index in [-0.39, 0.29) is 24.8 Å². The van der Waals surface area contributed by atoms with Crippen LogP contribution in [0.5, 0.6) is 0 Å². The minimum Gasteiger partial charge on any atom is -1.00 e. The number of halogens is 2. The van der Waals surface area contributed by atoms with Crippen molar-refractivity contribution in [3.63, 3.8) is 0 Å². The van der Waals surface area contributed by atoms with E-state index in [1.54, 1.807) is 14.5 Å². The molecule has 0 spiro atoms. The second-order valence-corrected chi connectivity index (χ2v) is 7.97. The zero-order chi connectivity index (χ0) is 11.1. The van der Waals surface area contributed by atoms with Gasteiger partial charge >= 0.3 is 104 Å². The van der Waals surface area contributed by atoms with Crippen LogP contribution in [0.25, 0.3) is 0 Å². The molecule has 0 heterocycles. The Kier molecular flexibility index (Phi) is 7.47. The average molecular weight is 427 g/mol. The number of hydrogen-bond donors (Lipinski definition) is 0. The number of hydrogen-bond acceptors (Lipinski definition) is 0. The van der Waals surface area contributed by atoms with Gasteiger partial charge in [0.2, 0.25) is 0 Å². The quantitative estimate of drug-likeness (QED) is 0.402. The number of allylic oxidation sites excluding steroid dienone is 4. The average Bonchev–Trinajstić information content (AvgIpc) is 2.26. The summed E-state index contributed by atoms with van der Waals surface area (Å²) in [7, 11) is 0. The molecule has 0 fully saturated rings. The predicted molar refractivity (Wildman–Crippen MR) is 58.6 cm³/mol. The molecule has 3 heteroatoms. The maximum absolute atomic E-state index is 2.45. The summed E-state index contributed by atoms with van der Waals surface area (Å²) in [6.07, 6.45) is 3.64. The Morgan fingerprint density at radius 1 is 0.938 bits per heavy atom. The molecule has 0 radical (unpaired) electrons. The summed E-state index contributed by atoms with van der Waals surface area (Å²) in [5.41, 5.74) is 3.98. The Morgan fingerprint density at radius 2 is 1.38 bits per heavy atom. The molecule has 0 aromatic heterocycles. The maximum Gasteiger partial charge on any atom is -1.00 e. The van der Waals surface area contributed by atoms with Gasteiger partial charge in [0.05, 0.1) is 0 Å². The molecule has 0 unspecified atom stereocenters. The maximum atomic E-state index is 2.45. The van der Waals surface area contributed by atoms with E-state index in [4.69, 9.17) is 0 Å². The summed E-state index contributed by atoms with van der Waals surface area (Å²) >= 11 is 1.19. The van der Waals surface area contributed by atoms with Crippen LogP contribution in [-0.2, 0) is 24.4 Å². The van der Waals surface area contributed by atoms with Crippen LogP contribution in [0.1, 0.15) is 48.0 Å². The molecule has 0 bridgehead atoms.